The van der Waals surface area contributed by atoms with Crippen molar-refractivity contribution >= 4 is 56.8 Å². The predicted molar refractivity (Wildman–Crippen MR) is 113 cm³/mol. The van der Waals surface area contributed by atoms with Crippen molar-refractivity contribution in [3.63, 3.8) is 0 Å². The van der Waals surface area contributed by atoms with E-state index in [-0.39, 0.29) is 29.2 Å². The highest BCUT2D eigenvalue weighted by Crippen LogP contribution is 2.16. The first-order valence-corrected chi connectivity index (χ1v) is 10.1. The first-order valence-electron chi connectivity index (χ1n) is 8.19. The Kier molecular flexibility index (Phi) is 8.35. The number of hydrogen-bond acceptors (Lipinski definition) is 4. The summed E-state index contributed by atoms with van der Waals surface area (Å²) in [6.07, 6.45) is 0. The van der Waals surface area contributed by atoms with Gasteiger partial charge in [0.05, 0.1) is 11.5 Å². The van der Waals surface area contributed by atoms with Crippen LogP contribution in [0.15, 0.2) is 53.0 Å². The van der Waals surface area contributed by atoms with Gasteiger partial charge in [0, 0.05) is 29.3 Å². The lowest BCUT2D eigenvalue weighted by Crippen LogP contribution is -2.25. The molecule has 6 nitrogen and oxygen atoms in total. The Morgan fingerprint density at radius 1 is 0.926 bits per heavy atom. The number of thioether (sulfide) groups is 1. The predicted octanol–water partition coefficient (Wildman–Crippen LogP) is 3.40. The van der Waals surface area contributed by atoms with Crippen LogP contribution in [-0.2, 0) is 20.9 Å². The molecule has 0 aliphatic carbocycles. The molecule has 0 saturated carbocycles. The number of benzene rings is 2. The molecule has 0 aliphatic rings. The molecule has 0 fully saturated rings. The van der Waals surface area contributed by atoms with Crippen LogP contribution in [0.3, 0.4) is 0 Å². The summed E-state index contributed by atoms with van der Waals surface area (Å²) in [6, 6.07) is 14.6. The zero-order chi connectivity index (χ0) is 19.6. The first kappa shape index (κ1) is 21.0. The van der Waals surface area contributed by atoms with Crippen molar-refractivity contribution < 1.29 is 14.4 Å². The van der Waals surface area contributed by atoms with E-state index in [1.807, 2.05) is 30.3 Å². The van der Waals surface area contributed by atoms with Crippen molar-refractivity contribution in [1.29, 1.82) is 0 Å². The maximum atomic E-state index is 11.9. The zero-order valence-electron chi connectivity index (χ0n) is 14.8. The molecule has 2 aromatic rings. The lowest BCUT2D eigenvalue weighted by atomic mass is 10.2. The lowest BCUT2D eigenvalue weighted by Gasteiger charge is -2.08. The summed E-state index contributed by atoms with van der Waals surface area (Å²) < 4.78 is 0.884. The second-order valence-corrected chi connectivity index (χ2v) is 7.61. The monoisotopic (exact) mass is 449 g/mol. The molecule has 142 valence electrons. The van der Waals surface area contributed by atoms with Crippen molar-refractivity contribution in [1.82, 2.24) is 5.32 Å². The molecule has 0 atom stereocenters. The van der Waals surface area contributed by atoms with E-state index in [0.29, 0.717) is 17.9 Å². The van der Waals surface area contributed by atoms with Crippen molar-refractivity contribution in [2.24, 2.45) is 0 Å². The molecule has 2 aromatic carbocycles. The molecule has 0 radical (unpaired) electrons. The number of anilines is 2. The maximum absolute atomic E-state index is 11.9. The van der Waals surface area contributed by atoms with Crippen LogP contribution in [0, 0.1) is 0 Å². The first-order chi connectivity index (χ1) is 12.9. The number of carbonyl (C=O) groups excluding carboxylic acids is 3. The van der Waals surface area contributed by atoms with Gasteiger partial charge >= 0.3 is 0 Å². The molecule has 0 aromatic heterocycles. The summed E-state index contributed by atoms with van der Waals surface area (Å²) in [6.45, 7) is 1.80. The van der Waals surface area contributed by atoms with Crippen LogP contribution in [0.2, 0.25) is 0 Å². The standard InChI is InChI=1S/C19H20BrN3O3S/c1-13(24)22-16-6-2-4-14(8-16)10-21-18(25)11-27-12-19(26)23-17-7-3-5-15(20)9-17/h2-9H,10-12H2,1H3,(H,21,25)(H,22,24)(H,23,26). The molecular formula is C19H20BrN3O3S. The Morgan fingerprint density at radius 2 is 1.59 bits per heavy atom. The van der Waals surface area contributed by atoms with Crippen LogP contribution in [0.5, 0.6) is 0 Å². The molecule has 0 bridgehead atoms. The Bertz CT molecular complexity index is 829. The Labute approximate surface area is 170 Å². The van der Waals surface area contributed by atoms with E-state index in [2.05, 4.69) is 31.9 Å². The fraction of sp³-hybridized carbons (Fsp3) is 0.211. The molecule has 2 rings (SSSR count). The van der Waals surface area contributed by atoms with Crippen molar-refractivity contribution in [3.8, 4) is 0 Å². The molecule has 3 N–H and O–H groups in total. The Morgan fingerprint density at radius 3 is 2.30 bits per heavy atom. The van der Waals surface area contributed by atoms with E-state index in [1.165, 1.54) is 18.7 Å². The summed E-state index contributed by atoms with van der Waals surface area (Å²) in [4.78, 5) is 34.9. The van der Waals surface area contributed by atoms with Gasteiger partial charge in [-0.3, -0.25) is 14.4 Å². The Balaban J connectivity index is 1.69. The fourth-order valence-electron chi connectivity index (χ4n) is 2.21. The van der Waals surface area contributed by atoms with Gasteiger partial charge < -0.3 is 16.0 Å². The number of amides is 3. The highest BCUT2D eigenvalue weighted by molar-refractivity contribution is 9.10. The van der Waals surface area contributed by atoms with E-state index in [4.69, 9.17) is 0 Å². The Hall–Kier alpha value is -2.32. The summed E-state index contributed by atoms with van der Waals surface area (Å²) in [5.41, 5.74) is 2.28. The van der Waals surface area contributed by atoms with E-state index in [0.717, 1.165) is 10.0 Å². The minimum absolute atomic E-state index is 0.145. The number of carbonyl (C=O) groups is 3. The van der Waals surface area contributed by atoms with E-state index >= 15 is 0 Å². The third kappa shape index (κ3) is 8.27. The summed E-state index contributed by atoms with van der Waals surface area (Å²) in [5.74, 6) is -0.0716. The third-order valence-electron chi connectivity index (χ3n) is 3.31. The van der Waals surface area contributed by atoms with Gasteiger partial charge in [0.1, 0.15) is 0 Å². The average molecular weight is 450 g/mol. The molecular weight excluding hydrogens is 430 g/mol. The number of nitrogens with one attached hydrogen (secondary N) is 3. The molecule has 8 heteroatoms. The minimum Gasteiger partial charge on any atom is -0.351 e. The third-order valence-corrected chi connectivity index (χ3v) is 4.74. The highest BCUT2D eigenvalue weighted by Gasteiger charge is 2.07. The van der Waals surface area contributed by atoms with Crippen molar-refractivity contribution in [2.45, 2.75) is 13.5 Å². The number of halogens is 1. The normalized spacial score (nSPS) is 10.1. The van der Waals surface area contributed by atoms with Crippen LogP contribution in [0.4, 0.5) is 11.4 Å². The second kappa shape index (κ2) is 10.7. The SMILES string of the molecule is CC(=O)Nc1cccc(CNC(=O)CSCC(=O)Nc2cccc(Br)c2)c1. The molecule has 0 saturated heterocycles. The summed E-state index contributed by atoms with van der Waals surface area (Å²) in [5, 5.41) is 8.28. The quantitative estimate of drug-likeness (QED) is 0.576. The number of hydrogen-bond donors (Lipinski definition) is 3. The second-order valence-electron chi connectivity index (χ2n) is 5.71. The van der Waals surface area contributed by atoms with E-state index < -0.39 is 0 Å². The van der Waals surface area contributed by atoms with Crippen molar-refractivity contribution in [3.05, 3.63) is 58.6 Å². The average Bonchev–Trinajstić information content (AvgIpc) is 2.60. The van der Waals surface area contributed by atoms with E-state index in [1.54, 1.807) is 18.2 Å². The lowest BCUT2D eigenvalue weighted by molar-refractivity contribution is -0.118. The van der Waals surface area contributed by atoms with Gasteiger partial charge in [0.15, 0.2) is 0 Å². The minimum atomic E-state index is -0.158. The highest BCUT2D eigenvalue weighted by atomic mass is 79.9. The van der Waals surface area contributed by atoms with Gasteiger partial charge in [-0.05, 0) is 35.9 Å². The van der Waals surface area contributed by atoms with Gasteiger partial charge in [-0.25, -0.2) is 0 Å². The number of rotatable bonds is 8. The fourth-order valence-corrected chi connectivity index (χ4v) is 3.26. The summed E-state index contributed by atoms with van der Waals surface area (Å²) >= 11 is 4.59. The maximum Gasteiger partial charge on any atom is 0.234 e. The van der Waals surface area contributed by atoms with Crippen LogP contribution < -0.4 is 16.0 Å². The molecule has 0 heterocycles. The molecule has 0 spiro atoms. The van der Waals surface area contributed by atoms with Gasteiger partial charge in [0.25, 0.3) is 0 Å². The van der Waals surface area contributed by atoms with E-state index in [9.17, 15) is 14.4 Å². The van der Waals surface area contributed by atoms with Gasteiger partial charge in [-0.2, -0.15) is 0 Å². The van der Waals surface area contributed by atoms with Gasteiger partial charge in [-0.15, -0.1) is 11.8 Å². The van der Waals surface area contributed by atoms with Gasteiger partial charge in [0.2, 0.25) is 17.7 Å². The topological polar surface area (TPSA) is 87.3 Å². The van der Waals surface area contributed by atoms with Gasteiger partial charge in [-0.1, -0.05) is 34.1 Å². The largest absolute Gasteiger partial charge is 0.351 e. The molecule has 0 unspecified atom stereocenters. The van der Waals surface area contributed by atoms with Crippen LogP contribution in [0.1, 0.15) is 12.5 Å². The molecule has 27 heavy (non-hydrogen) atoms. The zero-order valence-corrected chi connectivity index (χ0v) is 17.2. The van der Waals surface area contributed by atoms with Crippen LogP contribution >= 0.6 is 27.7 Å². The smallest absolute Gasteiger partial charge is 0.234 e. The molecule has 0 aliphatic heterocycles. The van der Waals surface area contributed by atoms with Crippen LogP contribution in [-0.4, -0.2) is 29.2 Å². The van der Waals surface area contributed by atoms with Crippen LogP contribution in [0.25, 0.3) is 0 Å². The van der Waals surface area contributed by atoms with Crippen molar-refractivity contribution in [2.75, 3.05) is 22.1 Å². The summed E-state index contributed by atoms with van der Waals surface area (Å²) in [7, 11) is 0. The molecule has 3 amide bonds.